The zero-order valence-corrected chi connectivity index (χ0v) is 25.5. The van der Waals surface area contributed by atoms with Crippen LogP contribution in [0.1, 0.15) is 29.3 Å². The monoisotopic (exact) mass is 629 g/mol. The summed E-state index contributed by atoms with van der Waals surface area (Å²) in [5.74, 6) is 1.89. The van der Waals surface area contributed by atoms with Crippen molar-refractivity contribution in [2.75, 3.05) is 25.7 Å². The fourth-order valence-corrected chi connectivity index (χ4v) is 7.02. The molecule has 0 spiro atoms. The first-order chi connectivity index (χ1) is 21.4. The lowest BCUT2D eigenvalue weighted by atomic mass is 9.98. The maximum absolute atomic E-state index is 13.8. The third-order valence-electron chi connectivity index (χ3n) is 7.40. The van der Waals surface area contributed by atoms with Crippen LogP contribution in [0, 0.1) is 10.1 Å². The van der Waals surface area contributed by atoms with Gasteiger partial charge in [-0.25, -0.2) is 9.99 Å². The van der Waals surface area contributed by atoms with E-state index in [1.807, 2.05) is 48.5 Å². The summed E-state index contributed by atoms with van der Waals surface area (Å²) in [7, 11) is 3.21. The van der Waals surface area contributed by atoms with Gasteiger partial charge in [0.05, 0.1) is 52.9 Å². The number of nitrogens with zero attached hydrogens (tertiary/aromatic N) is 5. The van der Waals surface area contributed by atoms with Crippen LogP contribution in [-0.2, 0) is 11.2 Å². The van der Waals surface area contributed by atoms with Gasteiger partial charge < -0.3 is 9.47 Å². The van der Waals surface area contributed by atoms with Gasteiger partial charge in [0.15, 0.2) is 5.16 Å². The van der Waals surface area contributed by atoms with E-state index >= 15 is 0 Å². The first-order valence-corrected chi connectivity index (χ1v) is 15.7. The Morgan fingerprint density at radius 2 is 1.68 bits per heavy atom. The van der Waals surface area contributed by atoms with E-state index in [1.165, 1.54) is 45.6 Å². The van der Waals surface area contributed by atoms with Gasteiger partial charge in [-0.15, -0.1) is 11.8 Å². The van der Waals surface area contributed by atoms with E-state index in [-0.39, 0.29) is 28.9 Å². The Morgan fingerprint density at radius 1 is 1.02 bits per heavy atom. The molecule has 44 heavy (non-hydrogen) atoms. The molecule has 0 radical (unpaired) electrons. The molecule has 0 fully saturated rings. The number of thioether (sulfide) groups is 2. The van der Waals surface area contributed by atoms with Crippen molar-refractivity contribution in [2.45, 2.75) is 28.9 Å². The lowest BCUT2D eigenvalue weighted by molar-refractivity contribution is -0.384. The van der Waals surface area contributed by atoms with Crippen LogP contribution in [0.5, 0.6) is 11.5 Å². The second-order valence-electron chi connectivity index (χ2n) is 9.98. The number of benzene rings is 3. The Kier molecular flexibility index (Phi) is 8.40. The summed E-state index contributed by atoms with van der Waals surface area (Å²) in [5, 5.41) is 17.8. The molecule has 2 aliphatic rings. The second-order valence-corrected chi connectivity index (χ2v) is 12.0. The van der Waals surface area contributed by atoms with Gasteiger partial charge in [0.2, 0.25) is 0 Å². The Balaban J connectivity index is 1.31. The van der Waals surface area contributed by atoms with Crippen molar-refractivity contribution in [3.63, 3.8) is 0 Å². The van der Waals surface area contributed by atoms with Crippen LogP contribution in [0.4, 0.5) is 5.69 Å². The number of hydrogen-bond donors (Lipinski definition) is 0. The fraction of sp³-hybridized carbons (Fsp3) is 0.226. The lowest BCUT2D eigenvalue weighted by Gasteiger charge is -2.22. The molecule has 0 bridgehead atoms. The average Bonchev–Trinajstić information content (AvgIpc) is 3.72. The predicted octanol–water partition coefficient (Wildman–Crippen LogP) is 5.28. The van der Waals surface area contributed by atoms with E-state index in [4.69, 9.17) is 19.6 Å². The van der Waals surface area contributed by atoms with Gasteiger partial charge in [-0.3, -0.25) is 24.3 Å². The summed E-state index contributed by atoms with van der Waals surface area (Å²) in [6, 6.07) is 20.5. The second kappa shape index (κ2) is 12.5. The number of carbonyl (C=O) groups excluding carboxylic acids is 1. The van der Waals surface area contributed by atoms with Gasteiger partial charge in [-0.2, -0.15) is 5.10 Å². The van der Waals surface area contributed by atoms with E-state index in [9.17, 15) is 19.7 Å². The molecule has 2 aliphatic heterocycles. The number of aryl methyl sites for hydroxylation is 1. The molecular formula is C31H27N5O6S2. The van der Waals surface area contributed by atoms with Crippen molar-refractivity contribution in [2.24, 2.45) is 5.10 Å². The predicted molar refractivity (Wildman–Crippen MR) is 168 cm³/mol. The number of carbonyl (C=O) groups is 1. The topological polar surface area (TPSA) is 129 Å². The molecule has 0 saturated carbocycles. The molecule has 1 unspecified atom stereocenters. The highest BCUT2D eigenvalue weighted by molar-refractivity contribution is 8.00. The Labute approximate surface area is 261 Å². The van der Waals surface area contributed by atoms with Crippen LogP contribution in [-0.4, -0.2) is 56.8 Å². The molecule has 1 atom stereocenters. The molecule has 3 heterocycles. The minimum atomic E-state index is -0.492. The number of aromatic nitrogens is 2. The zero-order valence-electron chi connectivity index (χ0n) is 23.8. The highest BCUT2D eigenvalue weighted by atomic mass is 32.2. The van der Waals surface area contributed by atoms with Crippen molar-refractivity contribution >= 4 is 40.8 Å². The highest BCUT2D eigenvalue weighted by Crippen LogP contribution is 2.36. The van der Waals surface area contributed by atoms with E-state index < -0.39 is 4.92 Å². The standard InChI is InChI=1S/C31H27N5O6S2/c1-41-23-11-3-19(4-12-23)26-17-27(20-5-13-24(42-2)14-6-20)35(33-26)28(37)18-44-31-32-25-15-16-43-29(25)30(38)34(31)21-7-9-22(10-8-21)36(39)40/h3-14,27H,15-18H2,1-2H3. The molecule has 0 saturated heterocycles. The maximum atomic E-state index is 13.8. The van der Waals surface area contributed by atoms with Crippen molar-refractivity contribution < 1.29 is 19.2 Å². The molecule has 3 aromatic carbocycles. The van der Waals surface area contributed by atoms with E-state index in [0.29, 0.717) is 40.0 Å². The summed E-state index contributed by atoms with van der Waals surface area (Å²) in [5.41, 5.74) is 3.36. The van der Waals surface area contributed by atoms with E-state index in [2.05, 4.69) is 0 Å². The number of methoxy groups -OCH3 is 2. The number of nitro groups is 1. The summed E-state index contributed by atoms with van der Waals surface area (Å²) in [4.78, 5) is 43.4. The van der Waals surface area contributed by atoms with Crippen LogP contribution in [0.2, 0.25) is 0 Å². The summed E-state index contributed by atoms with van der Waals surface area (Å²) in [6.45, 7) is 0. The third-order valence-corrected chi connectivity index (χ3v) is 9.43. The number of amides is 1. The summed E-state index contributed by atoms with van der Waals surface area (Å²) >= 11 is 2.59. The van der Waals surface area contributed by atoms with E-state index in [1.54, 1.807) is 14.2 Å². The van der Waals surface area contributed by atoms with Crippen molar-refractivity contribution in [1.82, 2.24) is 14.6 Å². The minimum Gasteiger partial charge on any atom is -0.497 e. The van der Waals surface area contributed by atoms with Crippen LogP contribution in [0.3, 0.4) is 0 Å². The van der Waals surface area contributed by atoms with Crippen LogP contribution in [0.15, 0.2) is 92.7 Å². The normalized spacial score (nSPS) is 15.5. The molecule has 1 amide bonds. The number of rotatable bonds is 9. The number of hydrogen-bond acceptors (Lipinski definition) is 10. The lowest BCUT2D eigenvalue weighted by Crippen LogP contribution is -2.29. The summed E-state index contributed by atoms with van der Waals surface area (Å²) < 4.78 is 12.0. The molecule has 1 aromatic heterocycles. The molecule has 6 rings (SSSR count). The van der Waals surface area contributed by atoms with E-state index in [0.717, 1.165) is 40.1 Å². The molecular weight excluding hydrogens is 603 g/mol. The van der Waals surface area contributed by atoms with Gasteiger partial charge in [0.25, 0.3) is 17.2 Å². The number of hydrazone groups is 1. The molecule has 0 N–H and O–H groups in total. The number of non-ortho nitro benzene ring substituents is 1. The van der Waals surface area contributed by atoms with Crippen LogP contribution < -0.4 is 15.0 Å². The largest absolute Gasteiger partial charge is 0.497 e. The maximum Gasteiger partial charge on any atom is 0.272 e. The number of ether oxygens (including phenoxy) is 2. The van der Waals surface area contributed by atoms with Crippen LogP contribution in [0.25, 0.3) is 5.69 Å². The quantitative estimate of drug-likeness (QED) is 0.105. The Bertz CT molecular complexity index is 1810. The molecule has 13 heteroatoms. The number of nitro benzene ring substituents is 1. The van der Waals surface area contributed by atoms with Gasteiger partial charge in [-0.1, -0.05) is 23.9 Å². The first kappa shape index (κ1) is 29.5. The smallest absolute Gasteiger partial charge is 0.272 e. The van der Waals surface area contributed by atoms with Crippen molar-refractivity contribution in [3.05, 3.63) is 110 Å². The minimum absolute atomic E-state index is 0.0304. The third kappa shape index (κ3) is 5.80. The molecule has 0 aliphatic carbocycles. The average molecular weight is 630 g/mol. The van der Waals surface area contributed by atoms with Gasteiger partial charge in [0.1, 0.15) is 11.5 Å². The van der Waals surface area contributed by atoms with Gasteiger partial charge in [0, 0.05) is 30.7 Å². The molecule has 4 aromatic rings. The highest BCUT2D eigenvalue weighted by Gasteiger charge is 2.34. The number of fused-ring (bicyclic) bond motifs is 1. The van der Waals surface area contributed by atoms with Crippen LogP contribution >= 0.6 is 23.5 Å². The van der Waals surface area contributed by atoms with Crippen molar-refractivity contribution in [3.8, 4) is 17.2 Å². The Hall–Kier alpha value is -4.62. The molecule has 224 valence electrons. The van der Waals surface area contributed by atoms with Gasteiger partial charge in [-0.05, 0) is 59.7 Å². The zero-order chi connectivity index (χ0) is 30.8. The Morgan fingerprint density at radius 3 is 2.32 bits per heavy atom. The van der Waals surface area contributed by atoms with Crippen molar-refractivity contribution in [1.29, 1.82) is 0 Å². The van der Waals surface area contributed by atoms with Gasteiger partial charge >= 0.3 is 0 Å². The summed E-state index contributed by atoms with van der Waals surface area (Å²) in [6.07, 6.45) is 1.16. The SMILES string of the molecule is COc1ccc(C2=NN(C(=O)CSc3nc4c(c(=O)n3-c3ccc([N+](=O)[O-])cc3)SCC4)C(c3ccc(OC)cc3)C2)cc1. The fourth-order valence-electron chi connectivity index (χ4n) is 5.12. The molecule has 11 nitrogen and oxygen atoms in total. The first-order valence-electron chi connectivity index (χ1n) is 13.7.